The molecular formula is C10H13N3O. The van der Waals surface area contributed by atoms with Crippen LogP contribution in [0.15, 0.2) is 10.6 Å². The van der Waals surface area contributed by atoms with Crippen LogP contribution >= 0.6 is 0 Å². The largest absolute Gasteiger partial charge is 0.360 e. The Bertz CT molecular complexity index is 352. The van der Waals surface area contributed by atoms with Gasteiger partial charge in [-0.25, -0.2) is 0 Å². The van der Waals surface area contributed by atoms with Crippen LogP contribution in [0.1, 0.15) is 30.2 Å². The summed E-state index contributed by atoms with van der Waals surface area (Å²) in [6.45, 7) is 2.15. The molecule has 0 bridgehead atoms. The van der Waals surface area contributed by atoms with Crippen LogP contribution in [0.3, 0.4) is 0 Å². The van der Waals surface area contributed by atoms with E-state index in [1.54, 1.807) is 6.07 Å². The zero-order valence-electron chi connectivity index (χ0n) is 8.23. The van der Waals surface area contributed by atoms with Crippen LogP contribution in [0.25, 0.3) is 0 Å². The van der Waals surface area contributed by atoms with E-state index in [0.717, 1.165) is 25.3 Å². The van der Waals surface area contributed by atoms with E-state index in [0.29, 0.717) is 11.6 Å². The van der Waals surface area contributed by atoms with E-state index in [4.69, 9.17) is 9.78 Å². The summed E-state index contributed by atoms with van der Waals surface area (Å²) >= 11 is 0. The second-order valence-electron chi connectivity index (χ2n) is 3.83. The van der Waals surface area contributed by atoms with Crippen molar-refractivity contribution < 1.29 is 4.52 Å². The third kappa shape index (κ3) is 1.78. The van der Waals surface area contributed by atoms with Gasteiger partial charge < -0.3 is 9.42 Å². The highest BCUT2D eigenvalue weighted by Gasteiger charge is 2.22. The van der Waals surface area contributed by atoms with E-state index < -0.39 is 0 Å². The highest BCUT2D eigenvalue weighted by Crippen LogP contribution is 2.26. The number of piperidine rings is 1. The van der Waals surface area contributed by atoms with Gasteiger partial charge in [-0.2, -0.15) is 5.26 Å². The molecule has 2 rings (SSSR count). The van der Waals surface area contributed by atoms with Crippen LogP contribution in [0, 0.1) is 11.3 Å². The van der Waals surface area contributed by atoms with Gasteiger partial charge in [0, 0.05) is 18.5 Å². The molecule has 1 aromatic heterocycles. The third-order valence-corrected chi connectivity index (χ3v) is 2.67. The van der Waals surface area contributed by atoms with Crippen molar-refractivity contribution in [2.24, 2.45) is 0 Å². The molecule has 0 aromatic carbocycles. The molecule has 0 saturated carbocycles. The minimum atomic E-state index is 0.383. The molecule has 1 atom stereocenters. The van der Waals surface area contributed by atoms with Gasteiger partial charge in [0.05, 0.1) is 0 Å². The summed E-state index contributed by atoms with van der Waals surface area (Å²) in [6, 6.07) is 3.73. The summed E-state index contributed by atoms with van der Waals surface area (Å²) in [5.41, 5.74) is 0.383. The molecule has 1 aliphatic rings. The lowest BCUT2D eigenvalue weighted by Gasteiger charge is -2.27. The molecule has 2 heterocycles. The highest BCUT2D eigenvalue weighted by atomic mass is 16.5. The van der Waals surface area contributed by atoms with Gasteiger partial charge in [0.15, 0.2) is 5.69 Å². The standard InChI is InChI=1S/C10H13N3O/c1-13-4-2-3-8(7-13)10-5-9(6-11)12-14-10/h5,8H,2-4,7H2,1H3. The van der Waals surface area contributed by atoms with Crippen molar-refractivity contribution in [3.63, 3.8) is 0 Å². The molecule has 1 saturated heterocycles. The van der Waals surface area contributed by atoms with E-state index in [1.165, 1.54) is 6.42 Å². The minimum absolute atomic E-state index is 0.383. The molecule has 4 heteroatoms. The maximum atomic E-state index is 8.62. The average molecular weight is 191 g/mol. The number of nitrogens with zero attached hydrogens (tertiary/aromatic N) is 3. The molecule has 0 N–H and O–H groups in total. The Morgan fingerprint density at radius 1 is 1.71 bits per heavy atom. The molecule has 0 amide bonds. The van der Waals surface area contributed by atoms with Crippen molar-refractivity contribution in [1.29, 1.82) is 5.26 Å². The zero-order chi connectivity index (χ0) is 9.97. The first-order chi connectivity index (χ1) is 6.79. The molecule has 0 aliphatic carbocycles. The molecule has 1 unspecified atom stereocenters. The van der Waals surface area contributed by atoms with Crippen LogP contribution in [-0.4, -0.2) is 30.2 Å². The van der Waals surface area contributed by atoms with Crippen molar-refractivity contribution in [2.45, 2.75) is 18.8 Å². The van der Waals surface area contributed by atoms with Gasteiger partial charge in [-0.05, 0) is 26.4 Å². The summed E-state index contributed by atoms with van der Waals surface area (Å²) in [7, 11) is 2.10. The van der Waals surface area contributed by atoms with E-state index in [9.17, 15) is 0 Å². The second-order valence-corrected chi connectivity index (χ2v) is 3.83. The summed E-state index contributed by atoms with van der Waals surface area (Å²) in [5.74, 6) is 1.26. The van der Waals surface area contributed by atoms with Gasteiger partial charge in [0.25, 0.3) is 0 Å². The number of likely N-dealkylation sites (N-methyl/N-ethyl adjacent to an activating group) is 1. The smallest absolute Gasteiger partial charge is 0.183 e. The number of rotatable bonds is 1. The fourth-order valence-corrected chi connectivity index (χ4v) is 1.93. The quantitative estimate of drug-likeness (QED) is 0.672. The van der Waals surface area contributed by atoms with Crippen LogP contribution in [-0.2, 0) is 0 Å². The summed E-state index contributed by atoms with van der Waals surface area (Å²) in [6.07, 6.45) is 2.31. The number of likely N-dealkylation sites (tertiary alicyclic amines) is 1. The maximum absolute atomic E-state index is 8.62. The predicted octanol–water partition coefficient (Wildman–Crippen LogP) is 1.36. The monoisotopic (exact) mass is 191 g/mol. The Balaban J connectivity index is 2.10. The Kier molecular flexibility index (Phi) is 2.51. The van der Waals surface area contributed by atoms with Crippen LogP contribution in [0.4, 0.5) is 0 Å². The number of aromatic nitrogens is 1. The molecule has 1 fully saturated rings. The maximum Gasteiger partial charge on any atom is 0.183 e. The topological polar surface area (TPSA) is 53.1 Å². The van der Waals surface area contributed by atoms with E-state index >= 15 is 0 Å². The Morgan fingerprint density at radius 3 is 3.21 bits per heavy atom. The SMILES string of the molecule is CN1CCCC(c2cc(C#N)no2)C1. The van der Waals surface area contributed by atoms with Crippen molar-refractivity contribution >= 4 is 0 Å². The molecule has 1 aliphatic heterocycles. The van der Waals surface area contributed by atoms with Crippen molar-refractivity contribution in [3.8, 4) is 6.07 Å². The number of hydrogen-bond donors (Lipinski definition) is 0. The van der Waals surface area contributed by atoms with Crippen LogP contribution < -0.4 is 0 Å². The summed E-state index contributed by atoms with van der Waals surface area (Å²) in [4.78, 5) is 2.28. The lowest BCUT2D eigenvalue weighted by atomic mass is 9.96. The molecule has 0 spiro atoms. The first-order valence-corrected chi connectivity index (χ1v) is 4.85. The predicted molar refractivity (Wildman–Crippen MR) is 50.7 cm³/mol. The van der Waals surface area contributed by atoms with Crippen molar-refractivity contribution in [1.82, 2.24) is 10.1 Å². The first-order valence-electron chi connectivity index (χ1n) is 4.85. The molecule has 14 heavy (non-hydrogen) atoms. The average Bonchev–Trinajstić information content (AvgIpc) is 2.66. The highest BCUT2D eigenvalue weighted by molar-refractivity contribution is 5.21. The number of hydrogen-bond acceptors (Lipinski definition) is 4. The molecular weight excluding hydrogens is 178 g/mol. The lowest BCUT2D eigenvalue weighted by Crippen LogP contribution is -2.30. The fourth-order valence-electron chi connectivity index (χ4n) is 1.93. The summed E-state index contributed by atoms with van der Waals surface area (Å²) in [5, 5.41) is 12.3. The van der Waals surface area contributed by atoms with Crippen molar-refractivity contribution in [3.05, 3.63) is 17.5 Å². The minimum Gasteiger partial charge on any atom is -0.360 e. The fraction of sp³-hybridized carbons (Fsp3) is 0.600. The lowest BCUT2D eigenvalue weighted by molar-refractivity contribution is 0.224. The molecule has 1 aromatic rings. The van der Waals surface area contributed by atoms with E-state index in [1.807, 2.05) is 6.07 Å². The Morgan fingerprint density at radius 2 is 2.57 bits per heavy atom. The van der Waals surface area contributed by atoms with Gasteiger partial charge in [-0.3, -0.25) is 0 Å². The van der Waals surface area contributed by atoms with E-state index in [2.05, 4.69) is 17.1 Å². The molecule has 0 radical (unpaired) electrons. The van der Waals surface area contributed by atoms with Crippen LogP contribution in [0.5, 0.6) is 0 Å². The molecule has 74 valence electrons. The molecule has 4 nitrogen and oxygen atoms in total. The Labute approximate surface area is 83.1 Å². The van der Waals surface area contributed by atoms with Crippen molar-refractivity contribution in [2.75, 3.05) is 20.1 Å². The van der Waals surface area contributed by atoms with Crippen LogP contribution in [0.2, 0.25) is 0 Å². The normalized spacial score (nSPS) is 23.3. The van der Waals surface area contributed by atoms with E-state index in [-0.39, 0.29) is 0 Å². The van der Waals surface area contributed by atoms with Gasteiger partial charge in [-0.1, -0.05) is 5.16 Å². The van der Waals surface area contributed by atoms with Gasteiger partial charge in [-0.15, -0.1) is 0 Å². The van der Waals surface area contributed by atoms with Gasteiger partial charge in [0.2, 0.25) is 0 Å². The summed E-state index contributed by atoms with van der Waals surface area (Å²) < 4.78 is 5.14. The van der Waals surface area contributed by atoms with Gasteiger partial charge in [0.1, 0.15) is 11.8 Å². The third-order valence-electron chi connectivity index (χ3n) is 2.67. The van der Waals surface area contributed by atoms with Gasteiger partial charge >= 0.3 is 0 Å². The number of nitriles is 1. The second kappa shape index (κ2) is 3.81. The zero-order valence-corrected chi connectivity index (χ0v) is 8.23. The first kappa shape index (κ1) is 9.22. The Hall–Kier alpha value is -1.34.